The van der Waals surface area contributed by atoms with E-state index in [0.717, 1.165) is 35.4 Å². The first-order valence-corrected chi connectivity index (χ1v) is 12.9. The van der Waals surface area contributed by atoms with Crippen LogP contribution in [0.2, 0.25) is 5.15 Å². The van der Waals surface area contributed by atoms with Crippen LogP contribution in [-0.4, -0.2) is 58.3 Å². The average molecular weight is 582 g/mol. The number of pyridine rings is 1. The van der Waals surface area contributed by atoms with Crippen molar-refractivity contribution >= 4 is 45.4 Å². The lowest BCUT2D eigenvalue weighted by atomic mass is 10.0. The topological polar surface area (TPSA) is 107 Å². The Morgan fingerprint density at radius 3 is 2.56 bits per heavy atom. The highest BCUT2D eigenvalue weighted by atomic mass is 79.9. The van der Waals surface area contributed by atoms with Crippen LogP contribution in [0.5, 0.6) is 5.75 Å². The number of anilines is 2. The first kappa shape index (κ1) is 28.0. The normalized spacial score (nSPS) is 14.0. The second-order valence-corrected chi connectivity index (χ2v) is 10.9. The number of piperidine rings is 1. The van der Waals surface area contributed by atoms with Gasteiger partial charge in [0.15, 0.2) is 11.0 Å². The summed E-state index contributed by atoms with van der Waals surface area (Å²) in [6.07, 6.45) is 5.26. The smallest absolute Gasteiger partial charge is 0.410 e. The summed E-state index contributed by atoms with van der Waals surface area (Å²) in [7, 11) is 1.66. The van der Waals surface area contributed by atoms with Crippen molar-refractivity contribution in [3.8, 4) is 5.75 Å². The molecule has 9 nitrogen and oxygen atoms in total. The fraction of sp³-hybridized carbons (Fsp3) is 0.520. The SMILES string of the molecule is COc1c(C)cnc(CN(CC=C2CCN(C(=O)OC(C)(C)C)CC2)c2nc(N)nc(Cl)c2Br)c1C. The second-order valence-electron chi connectivity index (χ2n) is 9.77. The molecule has 1 saturated heterocycles. The molecule has 2 N–H and O–H groups in total. The van der Waals surface area contributed by atoms with Gasteiger partial charge < -0.3 is 25.0 Å². The summed E-state index contributed by atoms with van der Waals surface area (Å²) in [5.74, 6) is 1.48. The average Bonchev–Trinajstić information content (AvgIpc) is 2.80. The number of likely N-dealkylation sites (tertiary alicyclic amines) is 1. The summed E-state index contributed by atoms with van der Waals surface area (Å²) in [5, 5.41) is 0.243. The Labute approximate surface area is 226 Å². The Hall–Kier alpha value is -2.59. The molecule has 1 aliphatic rings. The van der Waals surface area contributed by atoms with Crippen molar-refractivity contribution < 1.29 is 14.3 Å². The third-order valence-corrected chi connectivity index (χ3v) is 7.09. The van der Waals surface area contributed by atoms with Crippen LogP contribution in [-0.2, 0) is 11.3 Å². The van der Waals surface area contributed by atoms with Crippen molar-refractivity contribution in [1.82, 2.24) is 19.9 Å². The van der Waals surface area contributed by atoms with Crippen molar-refractivity contribution in [2.45, 2.75) is 59.6 Å². The molecule has 0 saturated carbocycles. The van der Waals surface area contributed by atoms with Crippen LogP contribution >= 0.6 is 27.5 Å². The van der Waals surface area contributed by atoms with Crippen molar-refractivity contribution in [3.05, 3.63) is 44.3 Å². The van der Waals surface area contributed by atoms with E-state index in [9.17, 15) is 4.79 Å². The van der Waals surface area contributed by atoms with Crippen LogP contribution in [0.3, 0.4) is 0 Å². The van der Waals surface area contributed by atoms with Crippen LogP contribution in [0.25, 0.3) is 0 Å². The maximum atomic E-state index is 12.4. The van der Waals surface area contributed by atoms with Crippen molar-refractivity contribution in [3.63, 3.8) is 0 Å². The Morgan fingerprint density at radius 1 is 1.28 bits per heavy atom. The van der Waals surface area contributed by atoms with Gasteiger partial charge in [0.2, 0.25) is 5.95 Å². The van der Waals surface area contributed by atoms with E-state index >= 15 is 0 Å². The lowest BCUT2D eigenvalue weighted by molar-refractivity contribution is 0.0236. The van der Waals surface area contributed by atoms with Gasteiger partial charge in [-0.25, -0.2) is 4.79 Å². The summed E-state index contributed by atoms with van der Waals surface area (Å²) in [5.41, 5.74) is 9.47. The van der Waals surface area contributed by atoms with Crippen molar-refractivity contribution in [2.75, 3.05) is 37.4 Å². The lowest BCUT2D eigenvalue weighted by Gasteiger charge is -2.31. The van der Waals surface area contributed by atoms with E-state index < -0.39 is 5.60 Å². The summed E-state index contributed by atoms with van der Waals surface area (Å²) in [6.45, 7) is 11.8. The van der Waals surface area contributed by atoms with Crippen LogP contribution < -0.4 is 15.4 Å². The quantitative estimate of drug-likeness (QED) is 0.354. The number of nitrogens with two attached hydrogens (primary N) is 1. The largest absolute Gasteiger partial charge is 0.496 e. The fourth-order valence-corrected chi connectivity index (χ4v) is 4.62. The molecule has 0 atom stereocenters. The molecule has 196 valence electrons. The monoisotopic (exact) mass is 580 g/mol. The predicted molar refractivity (Wildman–Crippen MR) is 146 cm³/mol. The number of halogens is 2. The molecule has 36 heavy (non-hydrogen) atoms. The van der Waals surface area contributed by atoms with Gasteiger partial charge in [-0.05, 0) is 63.4 Å². The van der Waals surface area contributed by atoms with E-state index in [0.29, 0.717) is 36.5 Å². The molecule has 3 rings (SSSR count). The van der Waals surface area contributed by atoms with Gasteiger partial charge in [0.25, 0.3) is 0 Å². The van der Waals surface area contributed by atoms with Gasteiger partial charge in [-0.3, -0.25) is 4.98 Å². The Balaban J connectivity index is 1.82. The standard InChI is InChI=1S/C25H34BrClN6O3/c1-15-13-29-18(16(2)20(15)35-6)14-33(22-19(26)21(27)30-23(28)31-22)12-9-17-7-10-32(11-8-17)24(34)36-25(3,4)5/h9,13H,7-8,10-12,14H2,1-6H3,(H2,28,30,31). The number of aryl methyl sites for hydroxylation is 1. The first-order valence-electron chi connectivity index (χ1n) is 11.8. The molecule has 0 bridgehead atoms. The maximum absolute atomic E-state index is 12.4. The number of carbonyl (C=O) groups is 1. The van der Waals surface area contributed by atoms with Gasteiger partial charge in [0.05, 0.1) is 23.8 Å². The van der Waals surface area contributed by atoms with Gasteiger partial charge in [0.1, 0.15) is 11.4 Å². The van der Waals surface area contributed by atoms with E-state index in [-0.39, 0.29) is 17.2 Å². The number of ether oxygens (including phenoxy) is 2. The number of methoxy groups -OCH3 is 1. The fourth-order valence-electron chi connectivity index (χ4n) is 4.02. The van der Waals surface area contributed by atoms with E-state index in [1.807, 2.05) is 39.5 Å². The zero-order valence-electron chi connectivity index (χ0n) is 21.7. The molecule has 2 aromatic heterocycles. The summed E-state index contributed by atoms with van der Waals surface area (Å²) >= 11 is 9.82. The zero-order chi connectivity index (χ0) is 26.6. The van der Waals surface area contributed by atoms with Crippen LogP contribution in [0.1, 0.15) is 50.4 Å². The molecule has 0 aromatic carbocycles. The third kappa shape index (κ3) is 7.00. The number of hydrogen-bond acceptors (Lipinski definition) is 8. The van der Waals surface area contributed by atoms with Gasteiger partial charge in [-0.1, -0.05) is 23.3 Å². The molecule has 1 amide bonds. The summed E-state index contributed by atoms with van der Waals surface area (Å²) in [6, 6.07) is 0. The number of aromatic nitrogens is 3. The molecule has 0 radical (unpaired) electrons. The summed E-state index contributed by atoms with van der Waals surface area (Å²) in [4.78, 5) is 29.4. The predicted octanol–water partition coefficient (Wildman–Crippen LogP) is 5.46. The minimum Gasteiger partial charge on any atom is -0.496 e. The van der Waals surface area contributed by atoms with E-state index in [4.69, 9.17) is 26.8 Å². The van der Waals surface area contributed by atoms with Crippen LogP contribution in [0.15, 0.2) is 22.3 Å². The molecular formula is C25H34BrClN6O3. The zero-order valence-corrected chi connectivity index (χ0v) is 24.0. The molecule has 11 heteroatoms. The second kappa shape index (κ2) is 11.6. The number of nitrogen functional groups attached to an aromatic ring is 1. The Morgan fingerprint density at radius 2 is 1.94 bits per heavy atom. The maximum Gasteiger partial charge on any atom is 0.410 e. The number of hydrogen-bond donors (Lipinski definition) is 1. The molecule has 2 aromatic rings. The molecule has 0 spiro atoms. The number of nitrogens with zero attached hydrogens (tertiary/aromatic N) is 5. The van der Waals surface area contributed by atoms with Crippen molar-refractivity contribution in [2.24, 2.45) is 0 Å². The van der Waals surface area contributed by atoms with Crippen LogP contribution in [0.4, 0.5) is 16.6 Å². The molecule has 3 heterocycles. The van der Waals surface area contributed by atoms with Crippen molar-refractivity contribution in [1.29, 1.82) is 0 Å². The van der Waals surface area contributed by atoms with Crippen LogP contribution in [0, 0.1) is 13.8 Å². The van der Waals surface area contributed by atoms with Gasteiger partial charge in [0, 0.05) is 37.0 Å². The van der Waals surface area contributed by atoms with E-state index in [1.165, 1.54) is 5.57 Å². The molecule has 1 fully saturated rings. The lowest BCUT2D eigenvalue weighted by Crippen LogP contribution is -2.40. The molecule has 0 unspecified atom stereocenters. The summed E-state index contributed by atoms with van der Waals surface area (Å²) < 4.78 is 11.7. The first-order chi connectivity index (χ1) is 16.9. The molecular weight excluding hydrogens is 548 g/mol. The highest BCUT2D eigenvalue weighted by Gasteiger charge is 2.25. The number of amides is 1. The van der Waals surface area contributed by atoms with Gasteiger partial charge >= 0.3 is 6.09 Å². The Bertz CT molecular complexity index is 1140. The van der Waals surface area contributed by atoms with Gasteiger partial charge in [-0.15, -0.1) is 0 Å². The van der Waals surface area contributed by atoms with E-state index in [1.54, 1.807) is 18.2 Å². The Kier molecular flexibility index (Phi) is 9.05. The highest BCUT2D eigenvalue weighted by Crippen LogP contribution is 2.33. The third-order valence-electron chi connectivity index (χ3n) is 5.86. The minimum absolute atomic E-state index is 0.0905. The minimum atomic E-state index is -0.507. The molecule has 1 aliphatic heterocycles. The van der Waals surface area contributed by atoms with Gasteiger partial charge in [-0.2, -0.15) is 9.97 Å². The van der Waals surface area contributed by atoms with E-state index in [2.05, 4.69) is 37.0 Å². The number of rotatable bonds is 6. The number of carbonyl (C=O) groups excluding carboxylic acids is 1. The molecule has 0 aliphatic carbocycles. The highest BCUT2D eigenvalue weighted by molar-refractivity contribution is 9.10.